The van der Waals surface area contributed by atoms with E-state index in [0.29, 0.717) is 0 Å². The van der Waals surface area contributed by atoms with Crippen LogP contribution >= 0.6 is 0 Å². The quantitative estimate of drug-likeness (QED) is 0.636. The first kappa shape index (κ1) is 10.2. The third-order valence-electron chi connectivity index (χ3n) is 3.92. The highest BCUT2D eigenvalue weighted by Gasteiger charge is 2.35. The van der Waals surface area contributed by atoms with E-state index in [1.807, 2.05) is 0 Å². The summed E-state index contributed by atoms with van der Waals surface area (Å²) < 4.78 is 0. The molecule has 1 fully saturated rings. The molecule has 0 spiro atoms. The second-order valence-electron chi connectivity index (χ2n) is 6.03. The summed E-state index contributed by atoms with van der Waals surface area (Å²) in [5, 5.41) is 0. The van der Waals surface area contributed by atoms with Crippen molar-refractivity contribution in [3.8, 4) is 0 Å². The zero-order valence-electron chi connectivity index (χ0n) is 9.72. The lowest BCUT2D eigenvalue weighted by atomic mass is 9.66. The van der Waals surface area contributed by atoms with Crippen LogP contribution in [0.2, 0.25) is 0 Å². The molecule has 2 N–H and O–H groups in total. The van der Waals surface area contributed by atoms with Crippen molar-refractivity contribution in [2.45, 2.75) is 52.0 Å². The lowest BCUT2D eigenvalue weighted by Crippen LogP contribution is -2.41. The van der Waals surface area contributed by atoms with Crippen molar-refractivity contribution >= 4 is 0 Å². The van der Waals surface area contributed by atoms with Crippen LogP contribution in [0.1, 0.15) is 46.5 Å². The van der Waals surface area contributed by atoms with E-state index in [2.05, 4.69) is 26.8 Å². The van der Waals surface area contributed by atoms with Gasteiger partial charge in [-0.1, -0.05) is 25.5 Å². The van der Waals surface area contributed by atoms with E-state index < -0.39 is 0 Å². The SMILES string of the molecule is CC(C)C1CC2=CC(C)(N)CC(C2)C1. The smallest absolute Gasteiger partial charge is 0.0315 e. The van der Waals surface area contributed by atoms with Gasteiger partial charge in [0, 0.05) is 5.54 Å². The fraction of sp³-hybridized carbons (Fsp3) is 0.846. The summed E-state index contributed by atoms with van der Waals surface area (Å²) in [7, 11) is 0. The molecule has 0 aromatic carbocycles. The van der Waals surface area contributed by atoms with Crippen molar-refractivity contribution in [2.24, 2.45) is 23.5 Å². The lowest BCUT2D eigenvalue weighted by molar-refractivity contribution is 0.211. The normalized spacial score (nSPS) is 42.5. The highest BCUT2D eigenvalue weighted by atomic mass is 14.7. The summed E-state index contributed by atoms with van der Waals surface area (Å²) in [6, 6.07) is 0. The molecule has 3 atom stereocenters. The van der Waals surface area contributed by atoms with Crippen LogP contribution in [0.4, 0.5) is 0 Å². The Bertz CT molecular complexity index is 250. The maximum absolute atomic E-state index is 6.21. The number of hydrogen-bond acceptors (Lipinski definition) is 1. The van der Waals surface area contributed by atoms with Crippen LogP contribution in [0, 0.1) is 17.8 Å². The molecule has 0 radical (unpaired) electrons. The number of nitrogens with two attached hydrogens (primary N) is 1. The first-order chi connectivity index (χ1) is 6.46. The summed E-state index contributed by atoms with van der Waals surface area (Å²) in [5.74, 6) is 2.62. The van der Waals surface area contributed by atoms with Gasteiger partial charge in [-0.05, 0) is 50.4 Å². The molecule has 14 heavy (non-hydrogen) atoms. The van der Waals surface area contributed by atoms with Crippen molar-refractivity contribution in [3.63, 3.8) is 0 Å². The summed E-state index contributed by atoms with van der Waals surface area (Å²) in [5.41, 5.74) is 7.83. The molecular formula is C13H23N. The van der Waals surface area contributed by atoms with Gasteiger partial charge in [-0.25, -0.2) is 0 Å². The zero-order chi connectivity index (χ0) is 10.3. The molecular weight excluding hydrogens is 170 g/mol. The van der Waals surface area contributed by atoms with Gasteiger partial charge in [0.1, 0.15) is 0 Å². The van der Waals surface area contributed by atoms with Crippen LogP contribution in [0.25, 0.3) is 0 Å². The van der Waals surface area contributed by atoms with Crippen molar-refractivity contribution in [1.82, 2.24) is 0 Å². The van der Waals surface area contributed by atoms with Crippen LogP contribution in [-0.2, 0) is 0 Å². The maximum Gasteiger partial charge on any atom is 0.0315 e. The largest absolute Gasteiger partial charge is 0.322 e. The number of rotatable bonds is 1. The van der Waals surface area contributed by atoms with Crippen molar-refractivity contribution in [3.05, 3.63) is 11.6 Å². The molecule has 0 saturated heterocycles. The Hall–Kier alpha value is -0.300. The maximum atomic E-state index is 6.21. The molecule has 2 bridgehead atoms. The van der Waals surface area contributed by atoms with Gasteiger partial charge in [-0.3, -0.25) is 0 Å². The summed E-state index contributed by atoms with van der Waals surface area (Å²) in [4.78, 5) is 0. The molecule has 2 aliphatic carbocycles. The van der Waals surface area contributed by atoms with Gasteiger partial charge >= 0.3 is 0 Å². The Kier molecular flexibility index (Phi) is 2.46. The van der Waals surface area contributed by atoms with Gasteiger partial charge in [0.2, 0.25) is 0 Å². The zero-order valence-corrected chi connectivity index (χ0v) is 9.72. The third kappa shape index (κ3) is 2.03. The lowest BCUT2D eigenvalue weighted by Gasteiger charge is -2.41. The van der Waals surface area contributed by atoms with Crippen LogP contribution in [0.15, 0.2) is 11.6 Å². The third-order valence-corrected chi connectivity index (χ3v) is 3.92. The van der Waals surface area contributed by atoms with Gasteiger partial charge in [-0.2, -0.15) is 0 Å². The molecule has 0 aromatic rings. The first-order valence-corrected chi connectivity index (χ1v) is 5.96. The predicted octanol–water partition coefficient (Wildman–Crippen LogP) is 3.11. The topological polar surface area (TPSA) is 26.0 Å². The minimum Gasteiger partial charge on any atom is -0.322 e. The van der Waals surface area contributed by atoms with Crippen LogP contribution in [0.5, 0.6) is 0 Å². The van der Waals surface area contributed by atoms with Gasteiger partial charge in [0.25, 0.3) is 0 Å². The average Bonchev–Trinajstić information content (AvgIpc) is 1.99. The van der Waals surface area contributed by atoms with Gasteiger partial charge in [0.05, 0.1) is 0 Å². The Morgan fingerprint density at radius 1 is 1.43 bits per heavy atom. The second-order valence-corrected chi connectivity index (χ2v) is 6.03. The highest BCUT2D eigenvalue weighted by molar-refractivity contribution is 5.20. The van der Waals surface area contributed by atoms with Crippen LogP contribution in [-0.4, -0.2) is 5.54 Å². The molecule has 1 nitrogen and oxygen atoms in total. The molecule has 0 aromatic heterocycles. The molecule has 0 heterocycles. The van der Waals surface area contributed by atoms with Gasteiger partial charge in [0.15, 0.2) is 0 Å². The van der Waals surface area contributed by atoms with E-state index in [1.54, 1.807) is 5.57 Å². The molecule has 80 valence electrons. The summed E-state index contributed by atoms with van der Waals surface area (Å²) in [6.45, 7) is 6.89. The molecule has 2 rings (SSSR count). The highest BCUT2D eigenvalue weighted by Crippen LogP contribution is 2.43. The monoisotopic (exact) mass is 193 g/mol. The molecule has 0 aliphatic heterocycles. The van der Waals surface area contributed by atoms with Crippen LogP contribution < -0.4 is 5.73 Å². The fourth-order valence-corrected chi connectivity index (χ4v) is 3.31. The second kappa shape index (κ2) is 3.37. The molecule has 3 unspecified atom stereocenters. The van der Waals surface area contributed by atoms with E-state index in [9.17, 15) is 0 Å². The molecule has 2 aliphatic rings. The van der Waals surface area contributed by atoms with E-state index in [4.69, 9.17) is 5.73 Å². The Balaban J connectivity index is 2.15. The average molecular weight is 193 g/mol. The number of hydrogen-bond donors (Lipinski definition) is 1. The van der Waals surface area contributed by atoms with E-state index in [-0.39, 0.29) is 5.54 Å². The number of allylic oxidation sites excluding steroid dienone is 1. The Morgan fingerprint density at radius 3 is 2.71 bits per heavy atom. The fourth-order valence-electron chi connectivity index (χ4n) is 3.31. The van der Waals surface area contributed by atoms with Crippen molar-refractivity contribution in [2.75, 3.05) is 0 Å². The predicted molar refractivity (Wildman–Crippen MR) is 61.0 cm³/mol. The molecule has 1 heteroatoms. The summed E-state index contributed by atoms with van der Waals surface area (Å²) >= 11 is 0. The Labute approximate surface area is 87.8 Å². The van der Waals surface area contributed by atoms with Crippen LogP contribution in [0.3, 0.4) is 0 Å². The van der Waals surface area contributed by atoms with E-state index in [1.165, 1.54) is 25.7 Å². The van der Waals surface area contributed by atoms with Crippen molar-refractivity contribution in [1.29, 1.82) is 0 Å². The van der Waals surface area contributed by atoms with Gasteiger partial charge < -0.3 is 5.73 Å². The summed E-state index contributed by atoms with van der Waals surface area (Å²) in [6.07, 6.45) is 7.58. The minimum absolute atomic E-state index is 0.0137. The van der Waals surface area contributed by atoms with Crippen molar-refractivity contribution < 1.29 is 0 Å². The molecule has 0 amide bonds. The Morgan fingerprint density at radius 2 is 2.14 bits per heavy atom. The molecule has 1 saturated carbocycles. The standard InChI is InChI=1S/C13H23N/c1-9(2)12-5-10-4-11(6-12)8-13(3,14)7-10/h7,9,11-12H,4-6,8,14H2,1-3H3. The van der Waals surface area contributed by atoms with E-state index in [0.717, 1.165) is 17.8 Å². The minimum atomic E-state index is -0.0137. The first-order valence-electron chi connectivity index (χ1n) is 5.96. The van der Waals surface area contributed by atoms with E-state index >= 15 is 0 Å². The number of fused-ring (bicyclic) bond motifs is 2. The van der Waals surface area contributed by atoms with Gasteiger partial charge in [-0.15, -0.1) is 0 Å².